The fourth-order valence-corrected chi connectivity index (χ4v) is 4.18. The van der Waals surface area contributed by atoms with Crippen molar-refractivity contribution < 1.29 is 9.53 Å². The molecule has 1 aromatic carbocycles. The van der Waals surface area contributed by atoms with Crippen LogP contribution in [0, 0.1) is 0 Å². The van der Waals surface area contributed by atoms with Crippen molar-refractivity contribution in [2.75, 3.05) is 26.2 Å². The highest BCUT2D eigenvalue weighted by Gasteiger charge is 2.35. The van der Waals surface area contributed by atoms with Gasteiger partial charge in [-0.1, -0.05) is 11.6 Å². The zero-order chi connectivity index (χ0) is 18.4. The lowest BCUT2D eigenvalue weighted by Gasteiger charge is -2.29. The number of hydrogen-bond acceptors (Lipinski definition) is 4. The second kappa shape index (κ2) is 6.55. The molecule has 27 heavy (non-hydrogen) atoms. The van der Waals surface area contributed by atoms with E-state index in [9.17, 15) is 4.79 Å². The Morgan fingerprint density at radius 1 is 1.22 bits per heavy atom. The van der Waals surface area contributed by atoms with Gasteiger partial charge in [-0.2, -0.15) is 0 Å². The molecule has 2 aliphatic rings. The van der Waals surface area contributed by atoms with E-state index in [1.807, 2.05) is 35.4 Å². The molecule has 0 bridgehead atoms. The smallest absolute Gasteiger partial charge is 0.264 e. The SMILES string of the molecule is O=C([C@@H]1Cc2cc(Cl)cc(-c3ccnc4cc[nH]c34)c2O1)N1CCNCC1. The van der Waals surface area contributed by atoms with Gasteiger partial charge in [0.05, 0.1) is 11.0 Å². The van der Waals surface area contributed by atoms with Crippen LogP contribution in [0.2, 0.25) is 5.02 Å². The number of aromatic amines is 1. The van der Waals surface area contributed by atoms with Crippen LogP contribution in [0.5, 0.6) is 5.75 Å². The lowest BCUT2D eigenvalue weighted by atomic mass is 10.00. The number of H-pyrrole nitrogens is 1. The molecule has 1 amide bonds. The number of halogens is 1. The summed E-state index contributed by atoms with van der Waals surface area (Å²) in [6, 6.07) is 7.67. The first-order valence-electron chi connectivity index (χ1n) is 9.12. The highest BCUT2D eigenvalue weighted by Crippen LogP contribution is 2.43. The van der Waals surface area contributed by atoms with Crippen molar-refractivity contribution in [3.8, 4) is 16.9 Å². The molecule has 0 saturated carbocycles. The fourth-order valence-electron chi connectivity index (χ4n) is 3.94. The van der Waals surface area contributed by atoms with Crippen molar-refractivity contribution in [1.29, 1.82) is 0 Å². The highest BCUT2D eigenvalue weighted by molar-refractivity contribution is 6.31. The molecule has 5 rings (SSSR count). The number of pyridine rings is 1. The van der Waals surface area contributed by atoms with Gasteiger partial charge in [-0.15, -0.1) is 0 Å². The lowest BCUT2D eigenvalue weighted by molar-refractivity contribution is -0.138. The maximum atomic E-state index is 12.9. The van der Waals surface area contributed by atoms with Gasteiger partial charge in [0.2, 0.25) is 0 Å². The molecule has 0 unspecified atom stereocenters. The van der Waals surface area contributed by atoms with Gasteiger partial charge in [0.15, 0.2) is 6.10 Å². The van der Waals surface area contributed by atoms with Gasteiger partial charge in [0.25, 0.3) is 5.91 Å². The Labute approximate surface area is 161 Å². The minimum atomic E-state index is -0.490. The molecule has 6 nitrogen and oxygen atoms in total. The Morgan fingerprint density at radius 2 is 2.07 bits per heavy atom. The average molecular weight is 383 g/mol. The van der Waals surface area contributed by atoms with Crippen LogP contribution in [0.3, 0.4) is 0 Å². The summed E-state index contributed by atoms with van der Waals surface area (Å²) in [5, 5.41) is 3.91. The standard InChI is InChI=1S/C20H19ClN4O2/c21-13-9-12-10-17(20(26)25-7-5-22-6-8-25)27-19(12)15(11-13)14-1-3-23-16-2-4-24-18(14)16/h1-4,9,11,17,22,24H,5-8,10H2/t17-/m0/s1. The number of benzene rings is 1. The van der Waals surface area contributed by atoms with Crippen LogP contribution in [-0.2, 0) is 11.2 Å². The van der Waals surface area contributed by atoms with E-state index in [1.54, 1.807) is 6.20 Å². The summed E-state index contributed by atoms with van der Waals surface area (Å²) in [5.41, 5.74) is 4.65. The van der Waals surface area contributed by atoms with Crippen LogP contribution in [0.4, 0.5) is 0 Å². The van der Waals surface area contributed by atoms with Crippen molar-refractivity contribution in [3.63, 3.8) is 0 Å². The number of hydrogen-bond donors (Lipinski definition) is 2. The molecule has 1 fully saturated rings. The predicted octanol–water partition coefficient (Wildman–Crippen LogP) is 2.62. The minimum Gasteiger partial charge on any atom is -0.479 e. The molecule has 1 saturated heterocycles. The lowest BCUT2D eigenvalue weighted by Crippen LogP contribution is -2.50. The third-order valence-electron chi connectivity index (χ3n) is 5.24. The molecule has 0 radical (unpaired) electrons. The number of rotatable bonds is 2. The Hall–Kier alpha value is -2.57. The first-order valence-corrected chi connectivity index (χ1v) is 9.49. The molecule has 3 aromatic rings. The maximum absolute atomic E-state index is 12.9. The number of amides is 1. The first kappa shape index (κ1) is 16.6. The number of nitrogens with one attached hydrogen (secondary N) is 2. The van der Waals surface area contributed by atoms with E-state index in [1.165, 1.54) is 0 Å². The zero-order valence-corrected chi connectivity index (χ0v) is 15.4. The van der Waals surface area contributed by atoms with Crippen LogP contribution in [0.25, 0.3) is 22.2 Å². The number of nitrogens with zero attached hydrogens (tertiary/aromatic N) is 2. The van der Waals surface area contributed by atoms with E-state index in [0.29, 0.717) is 11.4 Å². The number of aromatic nitrogens is 2. The van der Waals surface area contributed by atoms with E-state index < -0.39 is 6.10 Å². The van der Waals surface area contributed by atoms with Crippen molar-refractivity contribution in [3.05, 3.63) is 47.2 Å². The summed E-state index contributed by atoms with van der Waals surface area (Å²) in [6.07, 6.45) is 3.70. The predicted molar refractivity (Wildman–Crippen MR) is 104 cm³/mol. The van der Waals surface area contributed by atoms with Gasteiger partial charge in [0.1, 0.15) is 5.75 Å². The number of carbonyl (C=O) groups is 1. The summed E-state index contributed by atoms with van der Waals surface area (Å²) in [4.78, 5) is 22.4. The van der Waals surface area contributed by atoms with E-state index >= 15 is 0 Å². The molecular formula is C20H19ClN4O2. The van der Waals surface area contributed by atoms with Crippen LogP contribution in [0.15, 0.2) is 36.7 Å². The Kier molecular flexibility index (Phi) is 4.02. The second-order valence-electron chi connectivity index (χ2n) is 6.92. The van der Waals surface area contributed by atoms with Crippen molar-refractivity contribution in [1.82, 2.24) is 20.2 Å². The van der Waals surface area contributed by atoms with Gasteiger partial charge >= 0.3 is 0 Å². The van der Waals surface area contributed by atoms with Gasteiger partial charge in [-0.3, -0.25) is 9.78 Å². The zero-order valence-electron chi connectivity index (χ0n) is 14.7. The summed E-state index contributed by atoms with van der Waals surface area (Å²) >= 11 is 6.39. The van der Waals surface area contributed by atoms with Crippen molar-refractivity contribution in [2.45, 2.75) is 12.5 Å². The number of fused-ring (bicyclic) bond motifs is 2. The van der Waals surface area contributed by atoms with Crippen LogP contribution >= 0.6 is 11.6 Å². The van der Waals surface area contributed by atoms with Crippen LogP contribution in [0.1, 0.15) is 5.56 Å². The molecule has 2 aromatic heterocycles. The quantitative estimate of drug-likeness (QED) is 0.714. The third kappa shape index (κ3) is 2.85. The molecular weight excluding hydrogens is 364 g/mol. The number of ether oxygens (including phenoxy) is 1. The van der Waals surface area contributed by atoms with Gasteiger partial charge in [0, 0.05) is 66.7 Å². The highest BCUT2D eigenvalue weighted by atomic mass is 35.5. The summed E-state index contributed by atoms with van der Waals surface area (Å²) in [5.74, 6) is 0.796. The average Bonchev–Trinajstić information content (AvgIpc) is 3.34. The van der Waals surface area contributed by atoms with Crippen LogP contribution < -0.4 is 10.1 Å². The molecule has 138 valence electrons. The molecule has 2 aliphatic heterocycles. The van der Waals surface area contributed by atoms with Crippen molar-refractivity contribution >= 4 is 28.5 Å². The summed E-state index contributed by atoms with van der Waals surface area (Å²) in [7, 11) is 0. The second-order valence-corrected chi connectivity index (χ2v) is 7.36. The maximum Gasteiger partial charge on any atom is 0.264 e. The Morgan fingerprint density at radius 3 is 2.93 bits per heavy atom. The normalized spacial score (nSPS) is 19.1. The van der Waals surface area contributed by atoms with Gasteiger partial charge < -0.3 is 19.9 Å². The molecule has 2 N–H and O–H groups in total. The van der Waals surface area contributed by atoms with Crippen molar-refractivity contribution in [2.24, 2.45) is 0 Å². The van der Waals surface area contributed by atoms with Gasteiger partial charge in [-0.05, 0) is 24.3 Å². The largest absolute Gasteiger partial charge is 0.479 e. The number of piperazine rings is 1. The number of carbonyl (C=O) groups excluding carboxylic acids is 1. The topological polar surface area (TPSA) is 70.2 Å². The molecule has 1 atom stereocenters. The van der Waals surface area contributed by atoms with E-state index in [4.69, 9.17) is 16.3 Å². The monoisotopic (exact) mass is 382 g/mol. The molecule has 7 heteroatoms. The summed E-state index contributed by atoms with van der Waals surface area (Å²) < 4.78 is 6.18. The Bertz CT molecular complexity index is 1030. The van der Waals surface area contributed by atoms with Crippen LogP contribution in [-0.4, -0.2) is 53.1 Å². The van der Waals surface area contributed by atoms with E-state index in [2.05, 4.69) is 15.3 Å². The minimum absolute atomic E-state index is 0.0505. The van der Waals surface area contributed by atoms with Gasteiger partial charge in [-0.25, -0.2) is 0 Å². The van der Waals surface area contributed by atoms with E-state index in [0.717, 1.165) is 59.7 Å². The molecule has 0 spiro atoms. The molecule has 0 aliphatic carbocycles. The molecule has 4 heterocycles. The fraction of sp³-hybridized carbons (Fsp3) is 0.300. The van der Waals surface area contributed by atoms with E-state index in [-0.39, 0.29) is 5.91 Å². The Balaban J connectivity index is 1.53. The summed E-state index contributed by atoms with van der Waals surface area (Å²) in [6.45, 7) is 3.08. The third-order valence-corrected chi connectivity index (χ3v) is 5.46. The first-order chi connectivity index (χ1) is 13.2.